The van der Waals surface area contributed by atoms with Crippen molar-refractivity contribution < 1.29 is 12.9 Å². The zero-order valence-electron chi connectivity index (χ0n) is 8.23. The summed E-state index contributed by atoms with van der Waals surface area (Å²) in [6, 6.07) is 6.11. The van der Waals surface area contributed by atoms with Gasteiger partial charge in [-0.2, -0.15) is 0 Å². The second-order valence-corrected chi connectivity index (χ2v) is 8.26. The van der Waals surface area contributed by atoms with Crippen LogP contribution >= 0.6 is 22.7 Å². The molecule has 17 heavy (non-hydrogen) atoms. The van der Waals surface area contributed by atoms with E-state index in [9.17, 15) is 13.9 Å². The van der Waals surface area contributed by atoms with Crippen LogP contribution in [-0.2, 0) is 3.83 Å². The normalized spacial score (nSPS) is 12.3. The molecule has 0 aliphatic carbocycles. The molecular weight excluding hydrogens is 329 g/mol. The van der Waals surface area contributed by atoms with Crippen molar-refractivity contribution in [3.63, 3.8) is 0 Å². The van der Waals surface area contributed by atoms with Gasteiger partial charge >= 0.3 is 109 Å². The number of nitro groups is 1. The minimum atomic E-state index is -2.85. The molecule has 1 N–H and O–H groups in total. The van der Waals surface area contributed by atoms with Gasteiger partial charge in [-0.05, 0) is 0 Å². The van der Waals surface area contributed by atoms with Crippen LogP contribution in [0.25, 0.3) is 10.4 Å². The number of nitrogens with zero attached hydrogens (tertiary/aromatic N) is 1. The fourth-order valence-corrected chi connectivity index (χ4v) is 4.89. The van der Waals surface area contributed by atoms with Crippen LogP contribution in [0.1, 0.15) is 0 Å². The molecule has 0 spiro atoms. The molecule has 88 valence electrons. The van der Waals surface area contributed by atoms with Crippen LogP contribution in [0.5, 0.6) is 0 Å². The van der Waals surface area contributed by atoms with Crippen molar-refractivity contribution in [3.05, 3.63) is 39.8 Å². The number of non-ortho nitro benzene ring substituents is 1. The molecule has 2 aromatic rings. The van der Waals surface area contributed by atoms with Crippen LogP contribution in [0.2, 0.25) is 0 Å². The van der Waals surface area contributed by atoms with Crippen molar-refractivity contribution in [2.75, 3.05) is 0 Å². The van der Waals surface area contributed by atoms with Crippen LogP contribution in [0.4, 0.5) is 5.69 Å². The molecule has 1 heterocycles. The van der Waals surface area contributed by atoms with Gasteiger partial charge in [0.1, 0.15) is 0 Å². The van der Waals surface area contributed by atoms with E-state index in [1.807, 2.05) is 0 Å². The Bertz CT molecular complexity index is 581. The predicted octanol–water partition coefficient (Wildman–Crippen LogP) is 1.78. The molecule has 5 nitrogen and oxygen atoms in total. The Morgan fingerprint density at radius 2 is 2.00 bits per heavy atom. The molecule has 0 bridgehead atoms. The summed E-state index contributed by atoms with van der Waals surface area (Å²) in [5.41, 5.74) is 0.849. The van der Waals surface area contributed by atoms with E-state index in [0.717, 1.165) is 10.4 Å². The molecule has 0 saturated heterocycles. The van der Waals surface area contributed by atoms with Crippen molar-refractivity contribution in [2.24, 2.45) is 0 Å². The monoisotopic (exact) mass is 336 g/mol. The second kappa shape index (κ2) is 5.07. The Labute approximate surface area is 109 Å². The summed E-state index contributed by atoms with van der Waals surface area (Å²) in [5, 5.41) is 12.3. The predicted molar refractivity (Wildman–Crippen MR) is 67.0 cm³/mol. The third-order valence-electron chi connectivity index (χ3n) is 1.96. The molecule has 1 atom stereocenters. The summed E-state index contributed by atoms with van der Waals surface area (Å²) in [4.78, 5) is 10.9. The Balaban J connectivity index is 2.33. The van der Waals surface area contributed by atoms with Gasteiger partial charge < -0.3 is 0 Å². The number of benzene rings is 1. The molecule has 1 aromatic carbocycles. The maximum atomic E-state index is 10.9. The first-order chi connectivity index (χ1) is 8.08. The van der Waals surface area contributed by atoms with Crippen molar-refractivity contribution in [1.82, 2.24) is 0 Å². The van der Waals surface area contributed by atoms with E-state index in [0.29, 0.717) is 3.09 Å². The number of rotatable bonds is 3. The van der Waals surface area contributed by atoms with Crippen molar-refractivity contribution >= 4 is 45.6 Å². The number of hydrogen-bond acceptors (Lipinski definition) is 4. The topological polar surface area (TPSA) is 80.4 Å². The summed E-state index contributed by atoms with van der Waals surface area (Å²) < 4.78 is 20.4. The van der Waals surface area contributed by atoms with Gasteiger partial charge in [-0.1, -0.05) is 0 Å². The van der Waals surface area contributed by atoms with E-state index in [4.69, 9.17) is 4.19 Å². The van der Waals surface area contributed by atoms with Gasteiger partial charge in [-0.25, -0.2) is 0 Å². The first-order valence-corrected chi connectivity index (χ1v) is 8.37. The Morgan fingerprint density at radius 1 is 1.35 bits per heavy atom. The van der Waals surface area contributed by atoms with Crippen LogP contribution in [0.15, 0.2) is 29.6 Å². The Hall–Kier alpha value is -1.05. The van der Waals surface area contributed by atoms with E-state index in [1.54, 1.807) is 17.5 Å². The summed E-state index contributed by atoms with van der Waals surface area (Å²) in [6.07, 6.45) is 0. The SMILES string of the molecule is O=[N+]([O-])c1ccc(-c2c[s+]c([Se](=O)O)s2)cc1. The molecule has 0 amide bonds. The van der Waals surface area contributed by atoms with Crippen molar-refractivity contribution in [3.8, 4) is 10.4 Å². The average Bonchev–Trinajstić information content (AvgIpc) is 2.78. The molecule has 1 unspecified atom stereocenters. The Kier molecular flexibility index (Phi) is 3.70. The second-order valence-electron chi connectivity index (χ2n) is 3.01. The van der Waals surface area contributed by atoms with Gasteiger partial charge in [0.05, 0.1) is 0 Å². The molecule has 2 rings (SSSR count). The van der Waals surface area contributed by atoms with Gasteiger partial charge in [0.15, 0.2) is 0 Å². The molecule has 8 heteroatoms. The van der Waals surface area contributed by atoms with Crippen LogP contribution in [-0.4, -0.2) is 23.3 Å². The minimum absolute atomic E-state index is 0.0338. The first kappa shape index (κ1) is 12.4. The molecule has 1 aromatic heterocycles. The summed E-state index contributed by atoms with van der Waals surface area (Å²) >= 11 is -0.361. The Morgan fingerprint density at radius 3 is 2.47 bits per heavy atom. The number of hydrogen-bond donors (Lipinski definition) is 1. The molecule has 0 aliphatic heterocycles. The van der Waals surface area contributed by atoms with Gasteiger partial charge in [0, 0.05) is 0 Å². The van der Waals surface area contributed by atoms with Crippen LogP contribution in [0, 0.1) is 10.1 Å². The zero-order valence-corrected chi connectivity index (χ0v) is 11.6. The standard InChI is InChI=1S/C9H5NO4S2Se/c11-10(12)7-3-1-6(2-4-7)8-5-15-9(16-8)17(13)14/h1-5H/p+1. The first-order valence-electron chi connectivity index (χ1n) is 4.35. The van der Waals surface area contributed by atoms with Crippen LogP contribution in [0.3, 0.4) is 0 Å². The van der Waals surface area contributed by atoms with Gasteiger partial charge in [0.25, 0.3) is 0 Å². The van der Waals surface area contributed by atoms with E-state index in [-0.39, 0.29) is 5.69 Å². The van der Waals surface area contributed by atoms with E-state index in [2.05, 4.69) is 0 Å². The molecule has 0 saturated carbocycles. The van der Waals surface area contributed by atoms with Crippen molar-refractivity contribution in [1.29, 1.82) is 0 Å². The van der Waals surface area contributed by atoms with Crippen LogP contribution < -0.4 is 3.09 Å². The van der Waals surface area contributed by atoms with Gasteiger partial charge in [0.2, 0.25) is 0 Å². The molecule has 0 aliphatic rings. The maximum absolute atomic E-state index is 10.9. The average molecular weight is 335 g/mol. The molecular formula is C9H6NO4S2Se+. The van der Waals surface area contributed by atoms with E-state index < -0.39 is 19.1 Å². The van der Waals surface area contributed by atoms with Crippen molar-refractivity contribution in [2.45, 2.75) is 0 Å². The summed E-state index contributed by atoms with van der Waals surface area (Å²) in [7, 11) is 0. The van der Waals surface area contributed by atoms with Gasteiger partial charge in [-0.3, -0.25) is 0 Å². The molecule has 0 fully saturated rings. The fraction of sp³-hybridized carbons (Fsp3) is 0. The zero-order chi connectivity index (χ0) is 12.4. The van der Waals surface area contributed by atoms with E-state index in [1.165, 1.54) is 34.8 Å². The fourth-order valence-electron chi connectivity index (χ4n) is 1.19. The third-order valence-corrected chi connectivity index (χ3v) is 7.14. The van der Waals surface area contributed by atoms with Gasteiger partial charge in [-0.15, -0.1) is 0 Å². The quantitative estimate of drug-likeness (QED) is 0.401. The van der Waals surface area contributed by atoms with E-state index >= 15 is 0 Å². The summed E-state index contributed by atoms with van der Waals surface area (Å²) in [6.45, 7) is 0. The number of nitro benzene ring substituents is 1. The third kappa shape index (κ3) is 2.79. The molecule has 0 radical (unpaired) electrons. The summed E-state index contributed by atoms with van der Waals surface area (Å²) in [5.74, 6) is 0.